The van der Waals surface area contributed by atoms with Gasteiger partial charge in [0.1, 0.15) is 17.6 Å². The molecule has 0 bridgehead atoms. The summed E-state index contributed by atoms with van der Waals surface area (Å²) in [5, 5.41) is 10.3. The summed E-state index contributed by atoms with van der Waals surface area (Å²) in [5.41, 5.74) is 3.11. The molecule has 0 spiro atoms. The lowest BCUT2D eigenvalue weighted by Gasteiger charge is -2.30. The van der Waals surface area contributed by atoms with Gasteiger partial charge in [0.05, 0.1) is 13.2 Å². The van der Waals surface area contributed by atoms with Gasteiger partial charge in [-0.3, -0.25) is 0 Å². The second-order valence-corrected chi connectivity index (χ2v) is 5.17. The van der Waals surface area contributed by atoms with Crippen LogP contribution >= 0.6 is 0 Å². The Labute approximate surface area is 118 Å². The highest BCUT2D eigenvalue weighted by atomic mass is 16.5. The summed E-state index contributed by atoms with van der Waals surface area (Å²) in [5.74, 6) is 1.47. The van der Waals surface area contributed by atoms with E-state index in [1.165, 1.54) is 5.56 Å². The number of ether oxygens (including phenoxy) is 2. The van der Waals surface area contributed by atoms with Gasteiger partial charge >= 0.3 is 0 Å². The maximum Gasteiger partial charge on any atom is 0.127 e. The fourth-order valence-electron chi connectivity index (χ4n) is 2.54. The number of fused-ring (bicyclic) bond motifs is 1. The lowest BCUT2D eigenvalue weighted by molar-refractivity contribution is 0.0654. The number of hydrogen-bond acceptors (Lipinski definition) is 3. The summed E-state index contributed by atoms with van der Waals surface area (Å²) >= 11 is 0. The third-order valence-corrected chi connectivity index (χ3v) is 3.73. The largest absolute Gasteiger partial charge is 0.497 e. The van der Waals surface area contributed by atoms with E-state index < -0.39 is 6.10 Å². The van der Waals surface area contributed by atoms with E-state index in [-0.39, 0.29) is 6.10 Å². The Morgan fingerprint density at radius 2 is 1.90 bits per heavy atom. The van der Waals surface area contributed by atoms with Crippen LogP contribution in [0.15, 0.2) is 42.5 Å². The fraction of sp³-hybridized carbons (Fsp3) is 0.294. The SMILES string of the molecule is COc1ccc2c(c1)[C@@H](O)CC(c1ccc(C)cc1)O2. The zero-order chi connectivity index (χ0) is 14.1. The van der Waals surface area contributed by atoms with Crippen LogP contribution < -0.4 is 9.47 Å². The molecule has 3 heteroatoms. The monoisotopic (exact) mass is 270 g/mol. The van der Waals surface area contributed by atoms with Crippen molar-refractivity contribution in [1.82, 2.24) is 0 Å². The Morgan fingerprint density at radius 1 is 1.15 bits per heavy atom. The third kappa shape index (κ3) is 2.37. The zero-order valence-corrected chi connectivity index (χ0v) is 11.7. The summed E-state index contributed by atoms with van der Waals surface area (Å²) in [6.45, 7) is 2.06. The zero-order valence-electron chi connectivity index (χ0n) is 11.7. The molecule has 3 nitrogen and oxygen atoms in total. The van der Waals surface area contributed by atoms with Gasteiger partial charge in [0.2, 0.25) is 0 Å². The lowest BCUT2D eigenvalue weighted by Crippen LogP contribution is -2.19. The van der Waals surface area contributed by atoms with Crippen molar-refractivity contribution in [3.8, 4) is 11.5 Å². The van der Waals surface area contributed by atoms with Crippen LogP contribution in [0.2, 0.25) is 0 Å². The standard InChI is InChI=1S/C17H18O3/c1-11-3-5-12(6-4-11)17-10-15(18)14-9-13(19-2)7-8-16(14)20-17/h3-9,15,17-18H,10H2,1-2H3/t15-,17?/m0/s1. The topological polar surface area (TPSA) is 38.7 Å². The summed E-state index contributed by atoms with van der Waals surface area (Å²) in [7, 11) is 1.62. The Hall–Kier alpha value is -2.00. The maximum atomic E-state index is 10.3. The molecule has 1 heterocycles. The number of aryl methyl sites for hydroxylation is 1. The number of hydrogen-bond donors (Lipinski definition) is 1. The van der Waals surface area contributed by atoms with E-state index in [9.17, 15) is 5.11 Å². The van der Waals surface area contributed by atoms with Gasteiger partial charge in [0, 0.05) is 12.0 Å². The van der Waals surface area contributed by atoms with E-state index in [1.807, 2.05) is 18.2 Å². The Bertz CT molecular complexity index is 604. The maximum absolute atomic E-state index is 10.3. The van der Waals surface area contributed by atoms with Gasteiger partial charge in [0.25, 0.3) is 0 Å². The first-order valence-corrected chi connectivity index (χ1v) is 6.76. The molecule has 2 aromatic rings. The van der Waals surface area contributed by atoms with Crippen molar-refractivity contribution in [2.24, 2.45) is 0 Å². The van der Waals surface area contributed by atoms with Crippen molar-refractivity contribution in [3.63, 3.8) is 0 Å². The van der Waals surface area contributed by atoms with Crippen molar-refractivity contribution < 1.29 is 14.6 Å². The molecule has 2 aromatic carbocycles. The highest BCUT2D eigenvalue weighted by molar-refractivity contribution is 5.43. The average molecular weight is 270 g/mol. The Balaban J connectivity index is 1.90. The van der Waals surface area contributed by atoms with Crippen molar-refractivity contribution in [2.45, 2.75) is 25.6 Å². The number of benzene rings is 2. The molecule has 0 radical (unpaired) electrons. The molecular weight excluding hydrogens is 252 g/mol. The van der Waals surface area contributed by atoms with Crippen molar-refractivity contribution >= 4 is 0 Å². The van der Waals surface area contributed by atoms with Crippen molar-refractivity contribution in [1.29, 1.82) is 0 Å². The van der Waals surface area contributed by atoms with Crippen molar-refractivity contribution in [3.05, 3.63) is 59.2 Å². The van der Waals surface area contributed by atoms with E-state index in [4.69, 9.17) is 9.47 Å². The van der Waals surface area contributed by atoms with Crippen LogP contribution in [-0.4, -0.2) is 12.2 Å². The number of methoxy groups -OCH3 is 1. The molecule has 0 saturated carbocycles. The minimum Gasteiger partial charge on any atom is -0.497 e. The van der Waals surface area contributed by atoms with Crippen LogP contribution in [0.5, 0.6) is 11.5 Å². The molecule has 3 rings (SSSR count). The van der Waals surface area contributed by atoms with Crippen LogP contribution in [0.4, 0.5) is 0 Å². The van der Waals surface area contributed by atoms with E-state index in [0.29, 0.717) is 6.42 Å². The molecular formula is C17H18O3. The summed E-state index contributed by atoms with van der Waals surface area (Å²) in [6.07, 6.45) is -0.0740. The molecule has 0 saturated heterocycles. The molecule has 20 heavy (non-hydrogen) atoms. The molecule has 1 unspecified atom stereocenters. The van der Waals surface area contributed by atoms with Crippen molar-refractivity contribution in [2.75, 3.05) is 7.11 Å². The molecule has 1 aliphatic heterocycles. The second kappa shape index (κ2) is 5.17. The van der Waals surface area contributed by atoms with Crippen LogP contribution in [-0.2, 0) is 0 Å². The molecule has 0 fully saturated rings. The van der Waals surface area contributed by atoms with Gasteiger partial charge in [-0.1, -0.05) is 29.8 Å². The quantitative estimate of drug-likeness (QED) is 0.906. The lowest BCUT2D eigenvalue weighted by atomic mass is 9.94. The van der Waals surface area contributed by atoms with Gasteiger partial charge < -0.3 is 14.6 Å². The van der Waals surface area contributed by atoms with Gasteiger partial charge in [-0.2, -0.15) is 0 Å². The molecule has 0 amide bonds. The molecule has 2 atom stereocenters. The van der Waals surface area contributed by atoms with Gasteiger partial charge in [-0.25, -0.2) is 0 Å². The fourth-order valence-corrected chi connectivity index (χ4v) is 2.54. The van der Waals surface area contributed by atoms with Gasteiger partial charge in [0.15, 0.2) is 0 Å². The molecule has 104 valence electrons. The predicted octanol–water partition coefficient (Wildman–Crippen LogP) is 3.56. The van der Waals surface area contributed by atoms with Gasteiger partial charge in [-0.05, 0) is 30.7 Å². The van der Waals surface area contributed by atoms with Crippen LogP contribution in [0, 0.1) is 6.92 Å². The molecule has 1 N–H and O–H groups in total. The van der Waals surface area contributed by atoms with E-state index in [0.717, 1.165) is 22.6 Å². The van der Waals surface area contributed by atoms with Crippen LogP contribution in [0.3, 0.4) is 0 Å². The summed E-state index contributed by atoms with van der Waals surface area (Å²) < 4.78 is 11.2. The van der Waals surface area contributed by atoms with Crippen LogP contribution in [0.25, 0.3) is 0 Å². The highest BCUT2D eigenvalue weighted by Crippen LogP contribution is 2.42. The van der Waals surface area contributed by atoms with Crippen LogP contribution in [0.1, 0.15) is 35.3 Å². The second-order valence-electron chi connectivity index (χ2n) is 5.17. The first kappa shape index (κ1) is 13.0. The smallest absolute Gasteiger partial charge is 0.127 e. The predicted molar refractivity (Wildman–Crippen MR) is 77.1 cm³/mol. The number of aliphatic hydroxyl groups excluding tert-OH is 1. The third-order valence-electron chi connectivity index (χ3n) is 3.73. The first-order valence-electron chi connectivity index (χ1n) is 6.76. The Kier molecular flexibility index (Phi) is 3.36. The van der Waals surface area contributed by atoms with Gasteiger partial charge in [-0.15, -0.1) is 0 Å². The molecule has 1 aliphatic rings. The number of aliphatic hydroxyl groups is 1. The minimum atomic E-state index is -0.528. The average Bonchev–Trinajstić information content (AvgIpc) is 2.47. The van der Waals surface area contributed by atoms with E-state index in [1.54, 1.807) is 7.11 Å². The van der Waals surface area contributed by atoms with E-state index >= 15 is 0 Å². The first-order chi connectivity index (χ1) is 9.67. The Morgan fingerprint density at radius 3 is 2.60 bits per heavy atom. The normalized spacial score (nSPS) is 20.9. The summed E-state index contributed by atoms with van der Waals surface area (Å²) in [4.78, 5) is 0. The minimum absolute atomic E-state index is 0.105. The molecule has 0 aliphatic carbocycles. The highest BCUT2D eigenvalue weighted by Gasteiger charge is 2.28. The number of rotatable bonds is 2. The summed E-state index contributed by atoms with van der Waals surface area (Å²) in [6, 6.07) is 13.8. The molecule has 0 aromatic heterocycles. The van der Waals surface area contributed by atoms with E-state index in [2.05, 4.69) is 31.2 Å².